The number of hydrogen-bond donors (Lipinski definition) is 1. The summed E-state index contributed by atoms with van der Waals surface area (Å²) >= 11 is 0. The lowest BCUT2D eigenvalue weighted by molar-refractivity contribution is -0.392. The van der Waals surface area contributed by atoms with Crippen molar-refractivity contribution < 1.29 is 9.85 Å². The van der Waals surface area contributed by atoms with Crippen molar-refractivity contribution in [2.24, 2.45) is 0 Å². The number of nitro benzene ring substituents is 2. The van der Waals surface area contributed by atoms with Crippen LogP contribution in [-0.2, 0) is 0 Å². The van der Waals surface area contributed by atoms with Crippen LogP contribution in [0.1, 0.15) is 0 Å². The van der Waals surface area contributed by atoms with Gasteiger partial charge in [-0.15, -0.1) is 0 Å². The summed E-state index contributed by atoms with van der Waals surface area (Å²) < 4.78 is 0. The first kappa shape index (κ1) is 12.5. The van der Waals surface area contributed by atoms with Crippen LogP contribution >= 0.6 is 0 Å². The normalized spacial score (nSPS) is 10.1. The van der Waals surface area contributed by atoms with Crippen LogP contribution in [0.2, 0.25) is 0 Å². The Labute approximate surface area is 107 Å². The summed E-state index contributed by atoms with van der Waals surface area (Å²) in [6, 6.07) is 11.1. The third-order valence-corrected chi connectivity index (χ3v) is 2.64. The summed E-state index contributed by atoms with van der Waals surface area (Å²) in [5.74, 6) is 0. The number of anilines is 1. The van der Waals surface area contributed by atoms with Crippen LogP contribution < -0.4 is 5.73 Å². The second kappa shape index (κ2) is 4.73. The van der Waals surface area contributed by atoms with Gasteiger partial charge < -0.3 is 5.73 Å². The first-order valence-electron chi connectivity index (χ1n) is 5.28. The molecule has 96 valence electrons. The summed E-state index contributed by atoms with van der Waals surface area (Å²) in [6.07, 6.45) is 0. The second-order valence-corrected chi connectivity index (χ2v) is 3.81. The van der Waals surface area contributed by atoms with E-state index >= 15 is 0 Å². The first-order chi connectivity index (χ1) is 9.00. The van der Waals surface area contributed by atoms with E-state index in [1.807, 2.05) is 0 Å². The van der Waals surface area contributed by atoms with Crippen LogP contribution in [0, 0.1) is 20.2 Å². The third-order valence-electron chi connectivity index (χ3n) is 2.64. The fraction of sp³-hybridized carbons (Fsp3) is 0. The Morgan fingerprint density at radius 3 is 1.74 bits per heavy atom. The van der Waals surface area contributed by atoms with Gasteiger partial charge in [0.15, 0.2) is 5.69 Å². The molecular formula is C12H9N3O4. The molecule has 0 saturated heterocycles. The van der Waals surface area contributed by atoms with Gasteiger partial charge in [0.2, 0.25) is 0 Å². The highest BCUT2D eigenvalue weighted by atomic mass is 16.6. The monoisotopic (exact) mass is 259 g/mol. The summed E-state index contributed by atoms with van der Waals surface area (Å²) in [4.78, 5) is 20.3. The minimum Gasteiger partial charge on any atom is -0.388 e. The summed E-state index contributed by atoms with van der Waals surface area (Å²) in [6.45, 7) is 0. The molecule has 2 aromatic rings. The van der Waals surface area contributed by atoms with E-state index in [1.54, 1.807) is 30.3 Å². The Morgan fingerprint density at radius 2 is 1.32 bits per heavy atom. The molecule has 7 heteroatoms. The molecule has 0 fully saturated rings. The number of benzene rings is 2. The molecular weight excluding hydrogens is 250 g/mol. The molecule has 0 spiro atoms. The minimum absolute atomic E-state index is 0.383. The summed E-state index contributed by atoms with van der Waals surface area (Å²) in [5, 5.41) is 21.8. The molecule has 0 atom stereocenters. The van der Waals surface area contributed by atoms with E-state index in [-0.39, 0.29) is 0 Å². The van der Waals surface area contributed by atoms with Crippen LogP contribution in [0.25, 0.3) is 11.1 Å². The highest BCUT2D eigenvalue weighted by Crippen LogP contribution is 2.36. The number of nitro groups is 2. The SMILES string of the molecule is Nc1c([N+](=O)[O-])cc(-c2ccccc2)cc1[N+](=O)[O-]. The Balaban J connectivity index is 2.70. The molecule has 2 N–H and O–H groups in total. The maximum Gasteiger partial charge on any atom is 0.299 e. The summed E-state index contributed by atoms with van der Waals surface area (Å²) in [5.41, 5.74) is 5.11. The molecule has 0 heterocycles. The van der Waals surface area contributed by atoms with E-state index in [0.29, 0.717) is 11.1 Å². The molecule has 0 aliphatic carbocycles. The van der Waals surface area contributed by atoms with Crippen molar-refractivity contribution in [2.75, 3.05) is 5.73 Å². The number of hydrogen-bond acceptors (Lipinski definition) is 5. The molecule has 0 aromatic heterocycles. The number of nitrogen functional groups attached to an aromatic ring is 1. The smallest absolute Gasteiger partial charge is 0.299 e. The molecule has 0 aliphatic heterocycles. The Morgan fingerprint density at radius 1 is 0.842 bits per heavy atom. The van der Waals surface area contributed by atoms with Gasteiger partial charge in [0.25, 0.3) is 11.4 Å². The van der Waals surface area contributed by atoms with E-state index < -0.39 is 26.9 Å². The van der Waals surface area contributed by atoms with Crippen LogP contribution in [-0.4, -0.2) is 9.85 Å². The predicted molar refractivity (Wildman–Crippen MR) is 69.6 cm³/mol. The highest BCUT2D eigenvalue weighted by molar-refractivity contribution is 5.80. The zero-order valence-corrected chi connectivity index (χ0v) is 9.65. The molecule has 0 saturated carbocycles. The fourth-order valence-electron chi connectivity index (χ4n) is 1.72. The number of rotatable bonds is 3. The Kier molecular flexibility index (Phi) is 3.11. The second-order valence-electron chi connectivity index (χ2n) is 3.81. The molecule has 0 radical (unpaired) electrons. The van der Waals surface area contributed by atoms with Gasteiger partial charge in [-0.2, -0.15) is 0 Å². The molecule has 0 aliphatic rings. The average molecular weight is 259 g/mol. The average Bonchev–Trinajstić information content (AvgIpc) is 2.39. The van der Waals surface area contributed by atoms with Gasteiger partial charge in [-0.05, 0) is 11.1 Å². The maximum atomic E-state index is 10.9. The zero-order valence-electron chi connectivity index (χ0n) is 9.65. The third kappa shape index (κ3) is 2.34. The van der Waals surface area contributed by atoms with E-state index in [9.17, 15) is 20.2 Å². The molecule has 19 heavy (non-hydrogen) atoms. The van der Waals surface area contributed by atoms with E-state index in [4.69, 9.17) is 5.73 Å². The maximum absolute atomic E-state index is 10.9. The van der Waals surface area contributed by atoms with Gasteiger partial charge in [-0.1, -0.05) is 30.3 Å². The zero-order chi connectivity index (χ0) is 14.0. The molecule has 2 aromatic carbocycles. The van der Waals surface area contributed by atoms with Crippen molar-refractivity contribution in [2.45, 2.75) is 0 Å². The van der Waals surface area contributed by atoms with Crippen molar-refractivity contribution in [3.63, 3.8) is 0 Å². The molecule has 0 unspecified atom stereocenters. The lowest BCUT2D eigenvalue weighted by Crippen LogP contribution is -2.01. The van der Waals surface area contributed by atoms with Crippen LogP contribution in [0.4, 0.5) is 17.1 Å². The quantitative estimate of drug-likeness (QED) is 0.517. The van der Waals surface area contributed by atoms with Crippen LogP contribution in [0.3, 0.4) is 0 Å². The van der Waals surface area contributed by atoms with Crippen molar-refractivity contribution >= 4 is 17.1 Å². The van der Waals surface area contributed by atoms with E-state index in [2.05, 4.69) is 0 Å². The minimum atomic E-state index is -0.727. The molecule has 7 nitrogen and oxygen atoms in total. The Hall–Kier alpha value is -2.96. The molecule has 0 amide bonds. The van der Waals surface area contributed by atoms with Crippen molar-refractivity contribution in [3.05, 3.63) is 62.7 Å². The fourth-order valence-corrected chi connectivity index (χ4v) is 1.72. The van der Waals surface area contributed by atoms with Crippen molar-refractivity contribution in [3.8, 4) is 11.1 Å². The molecule has 0 bridgehead atoms. The van der Waals surface area contributed by atoms with Crippen molar-refractivity contribution in [1.82, 2.24) is 0 Å². The van der Waals surface area contributed by atoms with Crippen molar-refractivity contribution in [1.29, 1.82) is 0 Å². The van der Waals surface area contributed by atoms with E-state index in [0.717, 1.165) is 0 Å². The predicted octanol–water partition coefficient (Wildman–Crippen LogP) is 2.75. The molecule has 2 rings (SSSR count). The van der Waals surface area contributed by atoms with Gasteiger partial charge in [-0.3, -0.25) is 20.2 Å². The van der Waals surface area contributed by atoms with Gasteiger partial charge in [-0.25, -0.2) is 0 Å². The van der Waals surface area contributed by atoms with Crippen LogP contribution in [0.5, 0.6) is 0 Å². The summed E-state index contributed by atoms with van der Waals surface area (Å²) in [7, 11) is 0. The standard InChI is InChI=1S/C12H9N3O4/c13-12-10(14(16)17)6-9(7-11(12)15(18)19)8-4-2-1-3-5-8/h1-7H,13H2. The van der Waals surface area contributed by atoms with Gasteiger partial charge in [0.1, 0.15) is 0 Å². The topological polar surface area (TPSA) is 112 Å². The lowest BCUT2D eigenvalue weighted by Gasteiger charge is -2.04. The van der Waals surface area contributed by atoms with Gasteiger partial charge in [0, 0.05) is 12.1 Å². The van der Waals surface area contributed by atoms with Gasteiger partial charge >= 0.3 is 0 Å². The highest BCUT2D eigenvalue weighted by Gasteiger charge is 2.24. The van der Waals surface area contributed by atoms with Gasteiger partial charge in [0.05, 0.1) is 9.85 Å². The number of nitrogens with zero attached hydrogens (tertiary/aromatic N) is 2. The van der Waals surface area contributed by atoms with E-state index in [1.165, 1.54) is 12.1 Å². The lowest BCUT2D eigenvalue weighted by atomic mass is 10.0. The van der Waals surface area contributed by atoms with Crippen LogP contribution in [0.15, 0.2) is 42.5 Å². The largest absolute Gasteiger partial charge is 0.388 e. The Bertz CT molecular complexity index is 620. The number of nitrogens with two attached hydrogens (primary N) is 1. The first-order valence-corrected chi connectivity index (χ1v) is 5.28.